The van der Waals surface area contributed by atoms with Crippen LogP contribution in [0.4, 0.5) is 0 Å². The van der Waals surface area contributed by atoms with Crippen LogP contribution in [0.15, 0.2) is 27.9 Å². The van der Waals surface area contributed by atoms with E-state index in [1.54, 1.807) is 0 Å². The van der Waals surface area contributed by atoms with E-state index in [9.17, 15) is 9.59 Å². The molecule has 8 heteroatoms. The van der Waals surface area contributed by atoms with Crippen molar-refractivity contribution in [3.63, 3.8) is 0 Å². The van der Waals surface area contributed by atoms with E-state index in [0.29, 0.717) is 18.1 Å². The van der Waals surface area contributed by atoms with Crippen LogP contribution in [0.2, 0.25) is 0 Å². The number of hydrogen-bond acceptors (Lipinski definition) is 6. The first-order valence-corrected chi connectivity index (χ1v) is 7.36. The van der Waals surface area contributed by atoms with Crippen molar-refractivity contribution >= 4 is 5.91 Å². The number of aromatic nitrogens is 4. The van der Waals surface area contributed by atoms with Crippen molar-refractivity contribution in [2.45, 2.75) is 32.2 Å². The van der Waals surface area contributed by atoms with Crippen LogP contribution in [0.25, 0.3) is 11.5 Å². The molecule has 22 heavy (non-hydrogen) atoms. The van der Waals surface area contributed by atoms with E-state index < -0.39 is 5.76 Å². The summed E-state index contributed by atoms with van der Waals surface area (Å²) in [6.45, 7) is 0.635. The summed E-state index contributed by atoms with van der Waals surface area (Å²) in [7, 11) is 0. The normalized spacial score (nSPS) is 15.1. The summed E-state index contributed by atoms with van der Waals surface area (Å²) >= 11 is 0. The Labute approximate surface area is 126 Å². The van der Waals surface area contributed by atoms with E-state index >= 15 is 0 Å². The maximum Gasteiger partial charge on any atom is 0.441 e. The van der Waals surface area contributed by atoms with Gasteiger partial charge in [-0.15, -0.1) is 0 Å². The lowest BCUT2D eigenvalue weighted by Crippen LogP contribution is -2.33. The second kappa shape index (κ2) is 6.50. The molecule has 0 bridgehead atoms. The zero-order chi connectivity index (χ0) is 15.4. The average Bonchev–Trinajstić information content (AvgIpc) is 3.19. The lowest BCUT2D eigenvalue weighted by molar-refractivity contribution is -0.124. The Kier molecular flexibility index (Phi) is 4.27. The number of rotatable bonds is 5. The summed E-state index contributed by atoms with van der Waals surface area (Å²) in [5.41, 5.74) is 0.454. The number of carbonyl (C=O) groups is 1. The maximum atomic E-state index is 12.0. The molecule has 2 aromatic heterocycles. The highest BCUT2D eigenvalue weighted by Gasteiger charge is 2.22. The monoisotopic (exact) mass is 303 g/mol. The largest absolute Gasteiger partial charge is 0.441 e. The maximum absolute atomic E-state index is 12.0. The van der Waals surface area contributed by atoms with Crippen LogP contribution in [0.3, 0.4) is 0 Å². The first-order valence-electron chi connectivity index (χ1n) is 7.36. The van der Waals surface area contributed by atoms with Gasteiger partial charge in [-0.2, -0.15) is 0 Å². The minimum absolute atomic E-state index is 0.0584. The van der Waals surface area contributed by atoms with Crippen molar-refractivity contribution in [3.05, 3.63) is 29.1 Å². The molecule has 0 radical (unpaired) electrons. The molecule has 0 aliphatic heterocycles. The molecule has 8 nitrogen and oxygen atoms in total. The molecule has 1 N–H and O–H groups in total. The lowest BCUT2D eigenvalue weighted by Gasteiger charge is -2.10. The minimum atomic E-state index is -0.573. The van der Waals surface area contributed by atoms with Gasteiger partial charge < -0.3 is 5.32 Å². The molecule has 3 rings (SSSR count). The van der Waals surface area contributed by atoms with Crippen molar-refractivity contribution in [1.29, 1.82) is 0 Å². The molecule has 1 fully saturated rings. The molecule has 0 atom stereocenters. The Balaban J connectivity index is 1.64. The smallest absolute Gasteiger partial charge is 0.354 e. The second-order valence-corrected chi connectivity index (χ2v) is 5.29. The van der Waals surface area contributed by atoms with E-state index in [0.717, 1.165) is 25.7 Å². The number of amides is 1. The van der Waals surface area contributed by atoms with Crippen molar-refractivity contribution < 1.29 is 9.32 Å². The molecular formula is C14H17N5O3. The van der Waals surface area contributed by atoms with Gasteiger partial charge in [0.1, 0.15) is 5.69 Å². The van der Waals surface area contributed by atoms with Crippen LogP contribution in [0.5, 0.6) is 0 Å². The van der Waals surface area contributed by atoms with Gasteiger partial charge in [-0.05, 0) is 12.8 Å². The van der Waals surface area contributed by atoms with Gasteiger partial charge in [0.2, 0.25) is 11.7 Å². The minimum Gasteiger partial charge on any atom is -0.354 e. The number of carbonyl (C=O) groups excluding carboxylic acids is 1. The Morgan fingerprint density at radius 1 is 1.36 bits per heavy atom. The summed E-state index contributed by atoms with van der Waals surface area (Å²) in [6, 6.07) is 0. The van der Waals surface area contributed by atoms with Crippen molar-refractivity contribution in [2.24, 2.45) is 5.92 Å². The van der Waals surface area contributed by atoms with Crippen LogP contribution < -0.4 is 11.1 Å². The molecule has 116 valence electrons. The Bertz CT molecular complexity index is 688. The lowest BCUT2D eigenvalue weighted by atomic mass is 10.1. The van der Waals surface area contributed by atoms with Crippen LogP contribution >= 0.6 is 0 Å². The molecule has 2 aromatic rings. The van der Waals surface area contributed by atoms with E-state index in [-0.39, 0.29) is 18.4 Å². The third-order valence-corrected chi connectivity index (χ3v) is 3.84. The van der Waals surface area contributed by atoms with Gasteiger partial charge in [0.15, 0.2) is 0 Å². The molecule has 0 spiro atoms. The molecule has 1 amide bonds. The van der Waals surface area contributed by atoms with Gasteiger partial charge in [0, 0.05) is 31.4 Å². The summed E-state index contributed by atoms with van der Waals surface area (Å²) in [4.78, 5) is 31.7. The summed E-state index contributed by atoms with van der Waals surface area (Å²) in [5, 5.41) is 6.59. The zero-order valence-corrected chi connectivity index (χ0v) is 12.1. The molecule has 2 heterocycles. The molecular weight excluding hydrogens is 286 g/mol. The Hall–Kier alpha value is -2.51. The molecule has 0 saturated heterocycles. The summed E-state index contributed by atoms with van der Waals surface area (Å²) < 4.78 is 6.03. The fourth-order valence-electron chi connectivity index (χ4n) is 2.69. The molecule has 0 unspecified atom stereocenters. The molecule has 1 aliphatic carbocycles. The Morgan fingerprint density at radius 3 is 2.91 bits per heavy atom. The van der Waals surface area contributed by atoms with E-state index in [1.807, 2.05) is 0 Å². The van der Waals surface area contributed by atoms with Gasteiger partial charge in [-0.3, -0.25) is 18.9 Å². The fourth-order valence-corrected chi connectivity index (χ4v) is 2.69. The highest BCUT2D eigenvalue weighted by atomic mass is 16.5. The van der Waals surface area contributed by atoms with Crippen molar-refractivity contribution in [1.82, 2.24) is 25.0 Å². The van der Waals surface area contributed by atoms with Crippen LogP contribution in [0, 0.1) is 5.92 Å². The SMILES string of the molecule is O=C(NCCn1c(-c2cnccn2)noc1=O)C1CCCC1. The fraction of sp³-hybridized carbons (Fsp3) is 0.500. The van der Waals surface area contributed by atoms with Gasteiger partial charge >= 0.3 is 5.76 Å². The van der Waals surface area contributed by atoms with Crippen LogP contribution in [-0.4, -0.2) is 32.1 Å². The van der Waals surface area contributed by atoms with Gasteiger partial charge in [0.25, 0.3) is 0 Å². The topological polar surface area (TPSA) is 103 Å². The predicted molar refractivity (Wildman–Crippen MR) is 76.8 cm³/mol. The van der Waals surface area contributed by atoms with Crippen LogP contribution in [-0.2, 0) is 11.3 Å². The highest BCUT2D eigenvalue weighted by Crippen LogP contribution is 2.24. The molecule has 0 aromatic carbocycles. The van der Waals surface area contributed by atoms with Crippen LogP contribution in [0.1, 0.15) is 25.7 Å². The first kappa shape index (κ1) is 14.4. The quantitative estimate of drug-likeness (QED) is 0.867. The van der Waals surface area contributed by atoms with E-state index in [1.165, 1.54) is 23.2 Å². The van der Waals surface area contributed by atoms with Gasteiger partial charge in [-0.1, -0.05) is 18.0 Å². The third kappa shape index (κ3) is 3.05. The highest BCUT2D eigenvalue weighted by molar-refractivity contribution is 5.78. The first-order chi connectivity index (χ1) is 10.8. The standard InChI is InChI=1S/C14H17N5O3/c20-13(10-3-1-2-4-10)17-7-8-19-12(18-22-14(19)21)11-9-15-5-6-16-11/h5-6,9-10H,1-4,7-8H2,(H,17,20). The zero-order valence-electron chi connectivity index (χ0n) is 12.1. The predicted octanol–water partition coefficient (Wildman–Crippen LogP) is 0.600. The average molecular weight is 303 g/mol. The summed E-state index contributed by atoms with van der Waals surface area (Å²) in [5.74, 6) is -0.0919. The molecule has 1 aliphatic rings. The van der Waals surface area contributed by atoms with Gasteiger partial charge in [-0.25, -0.2) is 9.78 Å². The number of nitrogens with zero attached hydrogens (tertiary/aromatic N) is 4. The van der Waals surface area contributed by atoms with Crippen molar-refractivity contribution in [2.75, 3.05) is 6.54 Å². The van der Waals surface area contributed by atoms with Crippen molar-refractivity contribution in [3.8, 4) is 11.5 Å². The number of hydrogen-bond donors (Lipinski definition) is 1. The number of nitrogens with one attached hydrogen (secondary N) is 1. The third-order valence-electron chi connectivity index (χ3n) is 3.84. The van der Waals surface area contributed by atoms with E-state index in [4.69, 9.17) is 0 Å². The Morgan fingerprint density at radius 2 is 2.18 bits per heavy atom. The summed E-state index contributed by atoms with van der Waals surface area (Å²) in [6.07, 6.45) is 8.67. The van der Waals surface area contributed by atoms with E-state index in [2.05, 4.69) is 25.0 Å². The second-order valence-electron chi connectivity index (χ2n) is 5.29. The van der Waals surface area contributed by atoms with Gasteiger partial charge in [0.05, 0.1) is 6.20 Å². The molecule has 1 saturated carbocycles.